The smallest absolute Gasteiger partial charge is 0.271 e. The van der Waals surface area contributed by atoms with E-state index in [4.69, 9.17) is 0 Å². The van der Waals surface area contributed by atoms with E-state index in [2.05, 4.69) is 41.9 Å². The number of hydrogen-bond acceptors (Lipinski definition) is 5. The summed E-state index contributed by atoms with van der Waals surface area (Å²) < 4.78 is 5.52. The molecule has 0 saturated carbocycles. The third-order valence-electron chi connectivity index (χ3n) is 4.35. The first-order valence-electron chi connectivity index (χ1n) is 8.56. The van der Waals surface area contributed by atoms with Crippen LogP contribution in [0.25, 0.3) is 0 Å². The van der Waals surface area contributed by atoms with Gasteiger partial charge in [0.25, 0.3) is 5.91 Å². The van der Waals surface area contributed by atoms with E-state index in [0.29, 0.717) is 12.2 Å². The summed E-state index contributed by atoms with van der Waals surface area (Å²) in [5.41, 5.74) is 2.31. The van der Waals surface area contributed by atoms with Crippen molar-refractivity contribution in [3.8, 4) is 0 Å². The minimum atomic E-state index is -0.558. The van der Waals surface area contributed by atoms with Gasteiger partial charge in [0.05, 0.1) is 34.4 Å². The largest absolute Gasteiger partial charge is 0.346 e. The van der Waals surface area contributed by atoms with E-state index in [1.54, 1.807) is 42.8 Å². The summed E-state index contributed by atoms with van der Waals surface area (Å²) in [6, 6.07) is -0.558. The fourth-order valence-corrected chi connectivity index (χ4v) is 3.04. The van der Waals surface area contributed by atoms with Crippen LogP contribution >= 0.6 is 15.9 Å². The molecule has 11 heteroatoms. The number of aromatic nitrogens is 6. The van der Waals surface area contributed by atoms with Gasteiger partial charge < -0.3 is 10.6 Å². The quantitative estimate of drug-likeness (QED) is 0.593. The van der Waals surface area contributed by atoms with Gasteiger partial charge in [0.2, 0.25) is 5.91 Å². The zero-order valence-electron chi connectivity index (χ0n) is 16.0. The van der Waals surface area contributed by atoms with Crippen molar-refractivity contribution in [3.63, 3.8) is 0 Å². The molecule has 3 aromatic heterocycles. The van der Waals surface area contributed by atoms with E-state index in [0.717, 1.165) is 15.7 Å². The van der Waals surface area contributed by atoms with Crippen molar-refractivity contribution in [2.75, 3.05) is 5.32 Å². The third-order valence-corrected chi connectivity index (χ3v) is 5.13. The number of nitrogens with one attached hydrogen (secondary N) is 2. The van der Waals surface area contributed by atoms with Crippen molar-refractivity contribution in [2.45, 2.75) is 26.4 Å². The van der Waals surface area contributed by atoms with Crippen molar-refractivity contribution in [1.29, 1.82) is 0 Å². The highest BCUT2D eigenvalue weighted by atomic mass is 79.9. The van der Waals surface area contributed by atoms with Gasteiger partial charge in [0.1, 0.15) is 11.7 Å². The molecular weight excluding hydrogens is 428 g/mol. The standard InChI is InChI=1S/C17H21BrN8O2/c1-10-13(18)7-22-26(10)11(2)16(27)23-14-8-21-25(4)15(14)17(28)19-5-12-6-20-24(3)9-12/h6-9,11H,5H2,1-4H3,(H,19,28)(H,23,27). The molecule has 0 saturated heterocycles. The first-order valence-corrected chi connectivity index (χ1v) is 9.35. The highest BCUT2D eigenvalue weighted by Gasteiger charge is 2.23. The van der Waals surface area contributed by atoms with Crippen molar-refractivity contribution in [2.24, 2.45) is 14.1 Å². The van der Waals surface area contributed by atoms with Crippen molar-refractivity contribution in [3.05, 3.63) is 46.2 Å². The summed E-state index contributed by atoms with van der Waals surface area (Å²) in [7, 11) is 3.45. The maximum atomic E-state index is 12.7. The van der Waals surface area contributed by atoms with Crippen LogP contribution in [-0.2, 0) is 25.4 Å². The van der Waals surface area contributed by atoms with Crippen LogP contribution in [0.2, 0.25) is 0 Å². The summed E-state index contributed by atoms with van der Waals surface area (Å²) in [5, 5.41) is 18.0. The Morgan fingerprint density at radius 1 is 1.18 bits per heavy atom. The number of hydrogen-bond donors (Lipinski definition) is 2. The lowest BCUT2D eigenvalue weighted by Gasteiger charge is -2.15. The Hall–Kier alpha value is -2.95. The molecule has 1 unspecified atom stereocenters. The minimum Gasteiger partial charge on any atom is -0.346 e. The summed E-state index contributed by atoms with van der Waals surface area (Å²) in [6.07, 6.45) is 6.59. The molecule has 0 aliphatic rings. The second kappa shape index (κ2) is 7.97. The van der Waals surface area contributed by atoms with Crippen LogP contribution in [0.3, 0.4) is 0 Å². The minimum absolute atomic E-state index is 0.266. The van der Waals surface area contributed by atoms with E-state index in [-0.39, 0.29) is 17.5 Å². The van der Waals surface area contributed by atoms with Crippen LogP contribution in [0.15, 0.2) is 29.3 Å². The number of aryl methyl sites for hydroxylation is 2. The van der Waals surface area contributed by atoms with E-state index in [9.17, 15) is 9.59 Å². The SMILES string of the molecule is Cc1c(Br)cnn1C(C)C(=O)Nc1cnn(C)c1C(=O)NCc1cnn(C)c1. The van der Waals surface area contributed by atoms with Gasteiger partial charge in [-0.05, 0) is 29.8 Å². The molecule has 3 aromatic rings. The van der Waals surface area contributed by atoms with E-state index in [1.165, 1.54) is 10.9 Å². The highest BCUT2D eigenvalue weighted by molar-refractivity contribution is 9.10. The van der Waals surface area contributed by atoms with Crippen molar-refractivity contribution in [1.82, 2.24) is 34.7 Å². The molecule has 1 atom stereocenters. The van der Waals surface area contributed by atoms with Crippen LogP contribution < -0.4 is 10.6 Å². The summed E-state index contributed by atoms with van der Waals surface area (Å²) >= 11 is 3.39. The Morgan fingerprint density at radius 3 is 2.54 bits per heavy atom. The maximum Gasteiger partial charge on any atom is 0.271 e. The zero-order chi connectivity index (χ0) is 20.4. The molecule has 0 aliphatic carbocycles. The van der Waals surface area contributed by atoms with Crippen LogP contribution in [-0.4, -0.2) is 41.2 Å². The molecule has 3 rings (SSSR count). The van der Waals surface area contributed by atoms with Gasteiger partial charge in [-0.2, -0.15) is 15.3 Å². The van der Waals surface area contributed by atoms with Gasteiger partial charge in [-0.25, -0.2) is 0 Å². The van der Waals surface area contributed by atoms with Gasteiger partial charge in [-0.3, -0.25) is 23.6 Å². The Balaban J connectivity index is 1.72. The van der Waals surface area contributed by atoms with E-state index < -0.39 is 6.04 Å². The number of carbonyl (C=O) groups excluding carboxylic acids is 2. The molecule has 0 radical (unpaired) electrons. The Kier molecular flexibility index (Phi) is 5.63. The van der Waals surface area contributed by atoms with Crippen molar-refractivity contribution < 1.29 is 9.59 Å². The second-order valence-corrected chi connectivity index (χ2v) is 7.28. The molecule has 0 spiro atoms. The normalized spacial score (nSPS) is 12.0. The molecule has 3 heterocycles. The lowest BCUT2D eigenvalue weighted by atomic mass is 10.2. The number of rotatable bonds is 6. The Bertz CT molecular complexity index is 1020. The third kappa shape index (κ3) is 3.98. The molecule has 2 amide bonds. The van der Waals surface area contributed by atoms with Crippen LogP contribution in [0.4, 0.5) is 5.69 Å². The van der Waals surface area contributed by atoms with Gasteiger partial charge in [0.15, 0.2) is 0 Å². The van der Waals surface area contributed by atoms with Gasteiger partial charge in [0, 0.05) is 32.4 Å². The number of halogens is 1. The number of anilines is 1. The molecule has 0 fully saturated rings. The first kappa shape index (κ1) is 19.8. The molecule has 0 bridgehead atoms. The fraction of sp³-hybridized carbons (Fsp3) is 0.353. The summed E-state index contributed by atoms with van der Waals surface area (Å²) in [5.74, 6) is -0.641. The fourth-order valence-electron chi connectivity index (χ4n) is 2.77. The second-order valence-electron chi connectivity index (χ2n) is 6.42. The van der Waals surface area contributed by atoms with Gasteiger partial charge in [-0.15, -0.1) is 0 Å². The predicted octanol–water partition coefficient (Wildman–Crippen LogP) is 1.55. The monoisotopic (exact) mass is 448 g/mol. The number of nitrogens with zero attached hydrogens (tertiary/aromatic N) is 6. The van der Waals surface area contributed by atoms with Gasteiger partial charge in [-0.1, -0.05) is 0 Å². The average Bonchev–Trinajstić information content (AvgIpc) is 3.33. The summed E-state index contributed by atoms with van der Waals surface area (Å²) in [6.45, 7) is 3.92. The lowest BCUT2D eigenvalue weighted by molar-refractivity contribution is -0.119. The van der Waals surface area contributed by atoms with Crippen LogP contribution in [0.5, 0.6) is 0 Å². The number of amides is 2. The van der Waals surface area contributed by atoms with E-state index >= 15 is 0 Å². The molecular formula is C17H21BrN8O2. The Labute approximate surface area is 170 Å². The first-order chi connectivity index (χ1) is 13.3. The molecule has 28 heavy (non-hydrogen) atoms. The number of carbonyl (C=O) groups is 2. The topological polar surface area (TPSA) is 112 Å². The average molecular weight is 449 g/mol. The Morgan fingerprint density at radius 2 is 1.93 bits per heavy atom. The van der Waals surface area contributed by atoms with Crippen molar-refractivity contribution >= 4 is 33.4 Å². The van der Waals surface area contributed by atoms with Crippen LogP contribution in [0, 0.1) is 6.92 Å². The zero-order valence-corrected chi connectivity index (χ0v) is 17.6. The molecule has 0 aliphatic heterocycles. The van der Waals surface area contributed by atoms with Crippen LogP contribution in [0.1, 0.15) is 34.7 Å². The highest BCUT2D eigenvalue weighted by Crippen LogP contribution is 2.21. The van der Waals surface area contributed by atoms with Gasteiger partial charge >= 0.3 is 0 Å². The molecule has 2 N–H and O–H groups in total. The predicted molar refractivity (Wildman–Crippen MR) is 106 cm³/mol. The molecule has 0 aromatic carbocycles. The molecule has 148 valence electrons. The van der Waals surface area contributed by atoms with E-state index in [1.807, 2.05) is 13.1 Å². The molecule has 10 nitrogen and oxygen atoms in total. The maximum absolute atomic E-state index is 12.7. The lowest BCUT2D eigenvalue weighted by Crippen LogP contribution is -2.29. The summed E-state index contributed by atoms with van der Waals surface area (Å²) in [4.78, 5) is 25.3.